The van der Waals surface area contributed by atoms with Gasteiger partial charge < -0.3 is 15.4 Å². The maximum atomic E-state index is 5.32. The van der Waals surface area contributed by atoms with Crippen molar-refractivity contribution in [2.45, 2.75) is 6.42 Å². The Morgan fingerprint density at radius 1 is 1.22 bits per heavy atom. The molecule has 0 saturated heterocycles. The summed E-state index contributed by atoms with van der Waals surface area (Å²) in [5.41, 5.74) is 1.96. The van der Waals surface area contributed by atoms with Gasteiger partial charge in [-0.2, -0.15) is 0 Å². The van der Waals surface area contributed by atoms with E-state index in [1.807, 2.05) is 42.5 Å². The Morgan fingerprint density at radius 3 is 2.91 bits per heavy atom. The number of hydrogen-bond acceptors (Lipinski definition) is 4. The van der Waals surface area contributed by atoms with Gasteiger partial charge in [0.05, 0.1) is 22.3 Å². The maximum absolute atomic E-state index is 5.32. The predicted molar refractivity (Wildman–Crippen MR) is 101 cm³/mol. The van der Waals surface area contributed by atoms with Crippen LogP contribution in [-0.4, -0.2) is 23.8 Å². The predicted octanol–water partition coefficient (Wildman–Crippen LogP) is 3.83. The SMILES string of the molecule is COc1cccc(NC(=S)NCCc2nc3ccccc3s2)c1. The van der Waals surface area contributed by atoms with Crippen LogP contribution in [0.25, 0.3) is 10.2 Å². The number of hydrogen-bond donors (Lipinski definition) is 2. The maximum Gasteiger partial charge on any atom is 0.170 e. The van der Waals surface area contributed by atoms with Gasteiger partial charge in [-0.25, -0.2) is 4.98 Å². The van der Waals surface area contributed by atoms with Crippen molar-refractivity contribution < 1.29 is 4.74 Å². The second kappa shape index (κ2) is 7.39. The van der Waals surface area contributed by atoms with Crippen LogP contribution in [0.4, 0.5) is 5.69 Å². The topological polar surface area (TPSA) is 46.2 Å². The fourth-order valence-electron chi connectivity index (χ4n) is 2.19. The molecule has 0 bridgehead atoms. The van der Waals surface area contributed by atoms with Gasteiger partial charge in [-0.3, -0.25) is 0 Å². The zero-order chi connectivity index (χ0) is 16.1. The van der Waals surface area contributed by atoms with Gasteiger partial charge >= 0.3 is 0 Å². The second-order valence-corrected chi connectivity index (χ2v) is 6.46. The fraction of sp³-hybridized carbons (Fsp3) is 0.176. The van der Waals surface area contributed by atoms with Crippen LogP contribution in [0.1, 0.15) is 5.01 Å². The largest absolute Gasteiger partial charge is 0.497 e. The lowest BCUT2D eigenvalue weighted by atomic mass is 10.3. The lowest BCUT2D eigenvalue weighted by molar-refractivity contribution is 0.415. The second-order valence-electron chi connectivity index (χ2n) is 4.94. The molecule has 0 saturated carbocycles. The van der Waals surface area contributed by atoms with Gasteiger partial charge in [-0.05, 0) is 36.5 Å². The highest BCUT2D eigenvalue weighted by Gasteiger charge is 2.04. The van der Waals surface area contributed by atoms with E-state index in [9.17, 15) is 0 Å². The van der Waals surface area contributed by atoms with Crippen LogP contribution in [0.3, 0.4) is 0 Å². The summed E-state index contributed by atoms with van der Waals surface area (Å²) in [6.07, 6.45) is 0.847. The first-order chi connectivity index (χ1) is 11.2. The van der Waals surface area contributed by atoms with E-state index < -0.39 is 0 Å². The lowest BCUT2D eigenvalue weighted by Gasteiger charge is -2.10. The molecule has 6 heteroatoms. The van der Waals surface area contributed by atoms with Gasteiger partial charge in [0.2, 0.25) is 0 Å². The minimum Gasteiger partial charge on any atom is -0.497 e. The molecule has 0 spiro atoms. The van der Waals surface area contributed by atoms with Crippen molar-refractivity contribution in [2.24, 2.45) is 0 Å². The van der Waals surface area contributed by atoms with Gasteiger partial charge in [0, 0.05) is 24.7 Å². The van der Waals surface area contributed by atoms with Gasteiger partial charge in [0.25, 0.3) is 0 Å². The first kappa shape index (κ1) is 15.7. The molecule has 0 radical (unpaired) electrons. The summed E-state index contributed by atoms with van der Waals surface area (Å²) in [5, 5.41) is 8.07. The summed E-state index contributed by atoms with van der Waals surface area (Å²) in [5.74, 6) is 0.798. The number of ether oxygens (including phenoxy) is 1. The molecule has 23 heavy (non-hydrogen) atoms. The number of nitrogens with one attached hydrogen (secondary N) is 2. The molecule has 0 amide bonds. The van der Waals surface area contributed by atoms with E-state index in [2.05, 4.69) is 21.7 Å². The van der Waals surface area contributed by atoms with E-state index in [4.69, 9.17) is 17.0 Å². The molecule has 3 aromatic rings. The molecule has 3 rings (SSSR count). The molecular formula is C17H17N3OS2. The zero-order valence-corrected chi connectivity index (χ0v) is 14.3. The Kier molecular flexibility index (Phi) is 5.05. The summed E-state index contributed by atoms with van der Waals surface area (Å²) >= 11 is 7.04. The zero-order valence-electron chi connectivity index (χ0n) is 12.7. The third-order valence-corrected chi connectivity index (χ3v) is 4.63. The van der Waals surface area contributed by atoms with Gasteiger partial charge in [0.1, 0.15) is 5.75 Å². The Balaban J connectivity index is 1.50. The molecule has 0 aliphatic carbocycles. The number of benzene rings is 2. The average Bonchev–Trinajstić information content (AvgIpc) is 2.97. The number of methoxy groups -OCH3 is 1. The Hall–Kier alpha value is -2.18. The Bertz CT molecular complexity index is 783. The standard InChI is InChI=1S/C17H17N3OS2/c1-21-13-6-4-5-12(11-13)19-17(22)18-10-9-16-20-14-7-2-3-8-15(14)23-16/h2-8,11H,9-10H2,1H3,(H2,18,19,22). The number of thiazole rings is 1. The van der Waals surface area contributed by atoms with Gasteiger partial charge in [-0.15, -0.1) is 11.3 Å². The van der Waals surface area contributed by atoms with Crippen LogP contribution >= 0.6 is 23.6 Å². The van der Waals surface area contributed by atoms with Crippen molar-refractivity contribution in [3.8, 4) is 5.75 Å². The molecule has 0 aliphatic heterocycles. The molecule has 0 fully saturated rings. The third kappa shape index (κ3) is 4.18. The molecule has 2 N–H and O–H groups in total. The number of fused-ring (bicyclic) bond motifs is 1. The molecule has 0 unspecified atom stereocenters. The van der Waals surface area contributed by atoms with Crippen molar-refractivity contribution in [1.29, 1.82) is 0 Å². The van der Waals surface area contributed by atoms with E-state index in [-0.39, 0.29) is 0 Å². The van der Waals surface area contributed by atoms with Crippen molar-refractivity contribution in [2.75, 3.05) is 19.0 Å². The van der Waals surface area contributed by atoms with Crippen molar-refractivity contribution in [3.63, 3.8) is 0 Å². The summed E-state index contributed by atoms with van der Waals surface area (Å²) in [7, 11) is 1.65. The highest BCUT2D eigenvalue weighted by atomic mass is 32.1. The summed E-state index contributed by atoms with van der Waals surface area (Å²) in [4.78, 5) is 4.61. The van der Waals surface area contributed by atoms with Crippen LogP contribution in [0.2, 0.25) is 0 Å². The Morgan fingerprint density at radius 2 is 2.09 bits per heavy atom. The van der Waals surface area contributed by atoms with Crippen LogP contribution in [-0.2, 0) is 6.42 Å². The summed E-state index contributed by atoms with van der Waals surface area (Å²) in [6, 6.07) is 15.9. The number of anilines is 1. The summed E-state index contributed by atoms with van der Waals surface area (Å²) < 4.78 is 6.42. The minimum absolute atomic E-state index is 0.597. The number of rotatable bonds is 5. The number of aromatic nitrogens is 1. The Labute approximate surface area is 144 Å². The molecule has 1 aromatic heterocycles. The third-order valence-electron chi connectivity index (χ3n) is 3.29. The van der Waals surface area contributed by atoms with Crippen LogP contribution in [0.5, 0.6) is 5.75 Å². The first-order valence-electron chi connectivity index (χ1n) is 7.28. The monoisotopic (exact) mass is 343 g/mol. The number of thiocarbonyl (C=S) groups is 1. The minimum atomic E-state index is 0.597. The van der Waals surface area contributed by atoms with Crippen molar-refractivity contribution in [1.82, 2.24) is 10.3 Å². The van der Waals surface area contributed by atoms with E-state index in [0.717, 1.165) is 34.9 Å². The molecule has 4 nitrogen and oxygen atoms in total. The summed E-state index contributed by atoms with van der Waals surface area (Å²) in [6.45, 7) is 0.746. The molecule has 118 valence electrons. The first-order valence-corrected chi connectivity index (χ1v) is 8.50. The molecule has 0 aliphatic rings. The number of nitrogens with zero attached hydrogens (tertiary/aromatic N) is 1. The van der Waals surface area contributed by atoms with Crippen LogP contribution in [0.15, 0.2) is 48.5 Å². The normalized spacial score (nSPS) is 10.5. The highest BCUT2D eigenvalue weighted by Crippen LogP contribution is 2.21. The van der Waals surface area contributed by atoms with Gasteiger partial charge in [-0.1, -0.05) is 18.2 Å². The molecule has 0 atom stereocenters. The molecule has 1 heterocycles. The van der Waals surface area contributed by atoms with E-state index >= 15 is 0 Å². The molecule has 2 aromatic carbocycles. The molecular weight excluding hydrogens is 326 g/mol. The quantitative estimate of drug-likeness (QED) is 0.689. The fourth-order valence-corrected chi connectivity index (χ4v) is 3.37. The van der Waals surface area contributed by atoms with E-state index in [0.29, 0.717) is 5.11 Å². The smallest absolute Gasteiger partial charge is 0.170 e. The van der Waals surface area contributed by atoms with Crippen molar-refractivity contribution in [3.05, 3.63) is 53.5 Å². The van der Waals surface area contributed by atoms with Crippen LogP contribution in [0, 0.1) is 0 Å². The highest BCUT2D eigenvalue weighted by molar-refractivity contribution is 7.80. The van der Waals surface area contributed by atoms with Crippen molar-refractivity contribution >= 4 is 44.6 Å². The van der Waals surface area contributed by atoms with Crippen LogP contribution < -0.4 is 15.4 Å². The average molecular weight is 343 g/mol. The number of para-hydroxylation sites is 1. The van der Waals surface area contributed by atoms with Gasteiger partial charge in [0.15, 0.2) is 5.11 Å². The lowest BCUT2D eigenvalue weighted by Crippen LogP contribution is -2.30. The van der Waals surface area contributed by atoms with E-state index in [1.165, 1.54) is 4.70 Å². The van der Waals surface area contributed by atoms with E-state index in [1.54, 1.807) is 18.4 Å².